The SMILES string of the molecule is CN(Cc1cccc(Cl)c1)C(=O)CN1CCC[C@@H](C(=O)Nc2ccccc2)C1. The van der Waals surface area contributed by atoms with E-state index in [4.69, 9.17) is 11.6 Å². The van der Waals surface area contributed by atoms with E-state index in [1.165, 1.54) is 0 Å². The topological polar surface area (TPSA) is 52.7 Å². The molecule has 2 aromatic carbocycles. The minimum atomic E-state index is -0.0972. The number of carbonyl (C=O) groups is 2. The van der Waals surface area contributed by atoms with Gasteiger partial charge in [-0.15, -0.1) is 0 Å². The summed E-state index contributed by atoms with van der Waals surface area (Å²) in [5.41, 5.74) is 1.81. The number of piperidine rings is 1. The average molecular weight is 400 g/mol. The Hall–Kier alpha value is -2.37. The van der Waals surface area contributed by atoms with Gasteiger partial charge in [0.25, 0.3) is 0 Å². The van der Waals surface area contributed by atoms with Gasteiger partial charge >= 0.3 is 0 Å². The van der Waals surface area contributed by atoms with Crippen molar-refractivity contribution in [1.29, 1.82) is 0 Å². The summed E-state index contributed by atoms with van der Waals surface area (Å²) in [6, 6.07) is 17.0. The van der Waals surface area contributed by atoms with E-state index in [2.05, 4.69) is 10.2 Å². The highest BCUT2D eigenvalue weighted by atomic mass is 35.5. The average Bonchev–Trinajstić information content (AvgIpc) is 2.69. The molecule has 0 saturated carbocycles. The first-order valence-corrected chi connectivity index (χ1v) is 9.96. The second kappa shape index (κ2) is 9.71. The summed E-state index contributed by atoms with van der Waals surface area (Å²) in [7, 11) is 1.80. The van der Waals surface area contributed by atoms with E-state index in [1.807, 2.05) is 54.6 Å². The van der Waals surface area contributed by atoms with Crippen molar-refractivity contribution in [3.05, 3.63) is 65.2 Å². The molecule has 1 N–H and O–H groups in total. The summed E-state index contributed by atoms with van der Waals surface area (Å²) < 4.78 is 0. The minimum Gasteiger partial charge on any atom is -0.340 e. The lowest BCUT2D eigenvalue weighted by Crippen LogP contribution is -2.45. The van der Waals surface area contributed by atoms with Gasteiger partial charge < -0.3 is 10.2 Å². The molecule has 1 fully saturated rings. The lowest BCUT2D eigenvalue weighted by atomic mass is 9.97. The Morgan fingerprint density at radius 3 is 2.71 bits per heavy atom. The van der Waals surface area contributed by atoms with Crippen molar-refractivity contribution in [2.75, 3.05) is 32.0 Å². The van der Waals surface area contributed by atoms with Gasteiger partial charge in [0.05, 0.1) is 12.5 Å². The van der Waals surface area contributed by atoms with Crippen LogP contribution in [0.3, 0.4) is 0 Å². The summed E-state index contributed by atoms with van der Waals surface area (Å²) >= 11 is 6.02. The summed E-state index contributed by atoms with van der Waals surface area (Å²) in [6.07, 6.45) is 1.76. The lowest BCUT2D eigenvalue weighted by Gasteiger charge is -2.32. The monoisotopic (exact) mass is 399 g/mol. The molecule has 1 aliphatic rings. The number of nitrogens with one attached hydrogen (secondary N) is 1. The first-order valence-electron chi connectivity index (χ1n) is 9.58. The highest BCUT2D eigenvalue weighted by Crippen LogP contribution is 2.19. The Morgan fingerprint density at radius 1 is 1.18 bits per heavy atom. The van der Waals surface area contributed by atoms with Crippen LogP contribution in [-0.4, -0.2) is 48.3 Å². The van der Waals surface area contributed by atoms with Crippen LogP contribution in [0.15, 0.2) is 54.6 Å². The number of likely N-dealkylation sites (tertiary alicyclic amines) is 1. The largest absolute Gasteiger partial charge is 0.340 e. The van der Waals surface area contributed by atoms with Crippen LogP contribution >= 0.6 is 11.6 Å². The van der Waals surface area contributed by atoms with Gasteiger partial charge in [0.2, 0.25) is 11.8 Å². The van der Waals surface area contributed by atoms with Crippen LogP contribution in [0.2, 0.25) is 5.02 Å². The molecule has 1 saturated heterocycles. The molecule has 3 rings (SSSR count). The number of hydrogen-bond donors (Lipinski definition) is 1. The number of halogens is 1. The molecule has 28 heavy (non-hydrogen) atoms. The Balaban J connectivity index is 1.51. The highest BCUT2D eigenvalue weighted by molar-refractivity contribution is 6.30. The van der Waals surface area contributed by atoms with Gasteiger partial charge in [-0.2, -0.15) is 0 Å². The number of carbonyl (C=O) groups excluding carboxylic acids is 2. The smallest absolute Gasteiger partial charge is 0.236 e. The normalized spacial score (nSPS) is 17.1. The van der Waals surface area contributed by atoms with Crippen molar-refractivity contribution < 1.29 is 9.59 Å². The maximum absolute atomic E-state index is 12.6. The molecule has 0 aliphatic carbocycles. The third kappa shape index (κ3) is 5.81. The van der Waals surface area contributed by atoms with Crippen LogP contribution in [0.1, 0.15) is 18.4 Å². The van der Waals surface area contributed by atoms with Gasteiger partial charge in [-0.05, 0) is 49.2 Å². The Kier molecular flexibility index (Phi) is 7.06. The molecule has 148 valence electrons. The van der Waals surface area contributed by atoms with Crippen LogP contribution < -0.4 is 5.32 Å². The van der Waals surface area contributed by atoms with Crippen molar-refractivity contribution in [3.8, 4) is 0 Å². The lowest BCUT2D eigenvalue weighted by molar-refractivity contribution is -0.133. The summed E-state index contributed by atoms with van der Waals surface area (Å²) in [4.78, 5) is 29.0. The molecule has 0 radical (unpaired) electrons. The van der Waals surface area contributed by atoms with Gasteiger partial charge in [-0.1, -0.05) is 41.9 Å². The number of amides is 2. The Labute approximate surface area is 171 Å². The van der Waals surface area contributed by atoms with E-state index in [9.17, 15) is 9.59 Å². The second-order valence-electron chi connectivity index (χ2n) is 7.31. The van der Waals surface area contributed by atoms with E-state index < -0.39 is 0 Å². The fraction of sp³-hybridized carbons (Fsp3) is 0.364. The number of nitrogens with zero attached hydrogens (tertiary/aromatic N) is 2. The molecule has 0 bridgehead atoms. The van der Waals surface area contributed by atoms with Crippen molar-refractivity contribution >= 4 is 29.1 Å². The molecular formula is C22H26ClN3O2. The number of para-hydroxylation sites is 1. The van der Waals surface area contributed by atoms with Crippen molar-refractivity contribution in [3.63, 3.8) is 0 Å². The highest BCUT2D eigenvalue weighted by Gasteiger charge is 2.27. The molecule has 1 heterocycles. The third-order valence-electron chi connectivity index (χ3n) is 5.01. The molecule has 0 unspecified atom stereocenters. The van der Waals surface area contributed by atoms with E-state index in [-0.39, 0.29) is 17.7 Å². The van der Waals surface area contributed by atoms with Crippen LogP contribution in [0.25, 0.3) is 0 Å². The quantitative estimate of drug-likeness (QED) is 0.806. The van der Waals surface area contributed by atoms with E-state index in [1.54, 1.807) is 11.9 Å². The zero-order valence-electron chi connectivity index (χ0n) is 16.1. The number of benzene rings is 2. The molecule has 1 aliphatic heterocycles. The molecule has 0 aromatic heterocycles. The van der Waals surface area contributed by atoms with Gasteiger partial charge in [-0.25, -0.2) is 0 Å². The standard InChI is InChI=1S/C22H26ClN3O2/c1-25(14-17-7-5-9-19(23)13-17)21(27)16-26-12-6-8-18(15-26)22(28)24-20-10-3-2-4-11-20/h2-5,7,9-11,13,18H,6,8,12,14-16H2,1H3,(H,24,28)/t18-/m1/s1. The van der Waals surface area contributed by atoms with Gasteiger partial charge in [0.15, 0.2) is 0 Å². The second-order valence-corrected chi connectivity index (χ2v) is 7.75. The number of rotatable bonds is 6. The maximum Gasteiger partial charge on any atom is 0.236 e. The zero-order valence-corrected chi connectivity index (χ0v) is 16.9. The molecule has 2 amide bonds. The first-order chi connectivity index (χ1) is 13.5. The molecular weight excluding hydrogens is 374 g/mol. The Morgan fingerprint density at radius 2 is 1.96 bits per heavy atom. The molecule has 2 aromatic rings. The van der Waals surface area contributed by atoms with Crippen molar-refractivity contribution in [1.82, 2.24) is 9.80 Å². The number of anilines is 1. The van der Waals surface area contributed by atoms with Crippen molar-refractivity contribution in [2.24, 2.45) is 5.92 Å². The number of hydrogen-bond acceptors (Lipinski definition) is 3. The number of likely N-dealkylation sites (N-methyl/N-ethyl adjacent to an activating group) is 1. The molecule has 0 spiro atoms. The van der Waals surface area contributed by atoms with Crippen molar-refractivity contribution in [2.45, 2.75) is 19.4 Å². The fourth-order valence-corrected chi connectivity index (χ4v) is 3.70. The minimum absolute atomic E-state index is 0.0237. The van der Waals surface area contributed by atoms with E-state index >= 15 is 0 Å². The van der Waals surface area contributed by atoms with Crippen LogP contribution in [-0.2, 0) is 16.1 Å². The predicted octanol–water partition coefficient (Wildman–Crippen LogP) is 3.65. The molecule has 6 heteroatoms. The van der Waals surface area contributed by atoms with E-state index in [0.29, 0.717) is 24.7 Å². The Bertz CT molecular complexity index is 812. The third-order valence-corrected chi connectivity index (χ3v) is 5.25. The zero-order chi connectivity index (χ0) is 19.9. The first kappa shape index (κ1) is 20.4. The summed E-state index contributed by atoms with van der Waals surface area (Å²) in [5, 5.41) is 3.64. The van der Waals surface area contributed by atoms with Crippen LogP contribution in [0.4, 0.5) is 5.69 Å². The summed E-state index contributed by atoms with van der Waals surface area (Å²) in [6.45, 7) is 2.29. The van der Waals surface area contributed by atoms with Gasteiger partial charge in [0, 0.05) is 30.8 Å². The van der Waals surface area contributed by atoms with Crippen LogP contribution in [0, 0.1) is 5.92 Å². The fourth-order valence-electron chi connectivity index (χ4n) is 3.49. The molecule has 5 nitrogen and oxygen atoms in total. The van der Waals surface area contributed by atoms with Gasteiger partial charge in [-0.3, -0.25) is 14.5 Å². The maximum atomic E-state index is 12.6. The molecule has 1 atom stereocenters. The van der Waals surface area contributed by atoms with E-state index in [0.717, 1.165) is 30.6 Å². The predicted molar refractivity (Wildman–Crippen MR) is 112 cm³/mol. The van der Waals surface area contributed by atoms with Gasteiger partial charge in [0.1, 0.15) is 0 Å². The summed E-state index contributed by atoms with van der Waals surface area (Å²) in [5.74, 6) is -0.0280. The van der Waals surface area contributed by atoms with Crippen LogP contribution in [0.5, 0.6) is 0 Å².